The van der Waals surface area contributed by atoms with E-state index in [1.807, 2.05) is 0 Å². The van der Waals surface area contributed by atoms with Crippen molar-refractivity contribution in [2.75, 3.05) is 0 Å². The maximum atomic E-state index is 3.55. The summed E-state index contributed by atoms with van der Waals surface area (Å²) in [5.41, 5.74) is 4.08. The molecule has 0 bridgehead atoms. The molecule has 2 rings (SSSR count). The van der Waals surface area contributed by atoms with Crippen LogP contribution in [0.1, 0.15) is 36.6 Å². The Morgan fingerprint density at radius 2 is 1.94 bits per heavy atom. The summed E-state index contributed by atoms with van der Waals surface area (Å²) in [4.78, 5) is 0. The standard InChI is InChI=1S/C15H18BrNS/c1-3-12-4-6-14(7-5-12)11(2)17-9-13-8-15(16)18-10-13/h4-8,10-11,17H,3,9H2,1-2H3. The fourth-order valence-electron chi connectivity index (χ4n) is 1.87. The van der Waals surface area contributed by atoms with Crippen molar-refractivity contribution in [2.45, 2.75) is 32.9 Å². The van der Waals surface area contributed by atoms with Crippen molar-refractivity contribution in [3.63, 3.8) is 0 Å². The molecule has 0 spiro atoms. The van der Waals surface area contributed by atoms with Crippen molar-refractivity contribution >= 4 is 27.3 Å². The average molecular weight is 324 g/mol. The van der Waals surface area contributed by atoms with Crippen molar-refractivity contribution in [1.29, 1.82) is 0 Å². The van der Waals surface area contributed by atoms with Crippen molar-refractivity contribution in [1.82, 2.24) is 5.32 Å². The molecule has 1 nitrogen and oxygen atoms in total. The lowest BCUT2D eigenvalue weighted by Crippen LogP contribution is -2.17. The van der Waals surface area contributed by atoms with Crippen LogP contribution >= 0.6 is 27.3 Å². The molecule has 96 valence electrons. The van der Waals surface area contributed by atoms with Gasteiger partial charge in [0.1, 0.15) is 0 Å². The third-order valence-electron chi connectivity index (χ3n) is 3.12. The minimum atomic E-state index is 0.384. The fraction of sp³-hybridized carbons (Fsp3) is 0.333. The summed E-state index contributed by atoms with van der Waals surface area (Å²) in [5, 5.41) is 5.74. The second kappa shape index (κ2) is 6.50. The van der Waals surface area contributed by atoms with Gasteiger partial charge in [-0.15, -0.1) is 11.3 Å². The van der Waals surface area contributed by atoms with Crippen LogP contribution in [-0.2, 0) is 13.0 Å². The predicted octanol–water partition coefficient (Wildman–Crippen LogP) is 4.92. The molecule has 0 saturated heterocycles. The first-order valence-electron chi connectivity index (χ1n) is 6.24. The lowest BCUT2D eigenvalue weighted by molar-refractivity contribution is 0.575. The Morgan fingerprint density at radius 3 is 2.50 bits per heavy atom. The molecule has 0 aliphatic rings. The molecule has 0 aliphatic carbocycles. The van der Waals surface area contributed by atoms with Gasteiger partial charge in [0.25, 0.3) is 0 Å². The molecule has 2 aromatic rings. The number of hydrogen-bond acceptors (Lipinski definition) is 2. The molecule has 18 heavy (non-hydrogen) atoms. The summed E-state index contributed by atoms with van der Waals surface area (Å²) in [6.45, 7) is 5.31. The molecule has 0 amide bonds. The molecular formula is C15H18BrNS. The molecule has 1 aromatic heterocycles. The quantitative estimate of drug-likeness (QED) is 0.823. The number of benzene rings is 1. The van der Waals surface area contributed by atoms with Crippen LogP contribution in [0.25, 0.3) is 0 Å². The van der Waals surface area contributed by atoms with Gasteiger partial charge in [-0.2, -0.15) is 0 Å². The number of halogens is 1. The first-order chi connectivity index (χ1) is 8.69. The summed E-state index contributed by atoms with van der Waals surface area (Å²) in [7, 11) is 0. The van der Waals surface area contributed by atoms with Gasteiger partial charge < -0.3 is 5.32 Å². The highest BCUT2D eigenvalue weighted by atomic mass is 79.9. The van der Waals surface area contributed by atoms with Crippen LogP contribution in [0.15, 0.2) is 39.5 Å². The highest BCUT2D eigenvalue weighted by Crippen LogP contribution is 2.21. The van der Waals surface area contributed by atoms with Gasteiger partial charge >= 0.3 is 0 Å². The lowest BCUT2D eigenvalue weighted by Gasteiger charge is -2.14. The van der Waals surface area contributed by atoms with Gasteiger partial charge in [-0.1, -0.05) is 31.2 Å². The molecule has 1 aromatic carbocycles. The number of hydrogen-bond donors (Lipinski definition) is 1. The summed E-state index contributed by atoms with van der Waals surface area (Å²) in [6.07, 6.45) is 1.10. The minimum absolute atomic E-state index is 0.384. The van der Waals surface area contributed by atoms with Gasteiger partial charge in [0, 0.05) is 12.6 Å². The zero-order valence-electron chi connectivity index (χ0n) is 10.7. The molecule has 1 unspecified atom stereocenters. The molecule has 1 heterocycles. The van der Waals surface area contributed by atoms with Gasteiger partial charge in [-0.05, 0) is 57.4 Å². The van der Waals surface area contributed by atoms with E-state index >= 15 is 0 Å². The normalized spacial score (nSPS) is 12.6. The molecular weight excluding hydrogens is 306 g/mol. The Labute approximate surface area is 121 Å². The Hall–Kier alpha value is -0.640. The Bertz CT molecular complexity index is 489. The summed E-state index contributed by atoms with van der Waals surface area (Å²) >= 11 is 5.22. The van der Waals surface area contributed by atoms with E-state index in [2.05, 4.69) is 70.8 Å². The van der Waals surface area contributed by atoms with E-state index in [1.54, 1.807) is 11.3 Å². The van der Waals surface area contributed by atoms with E-state index in [9.17, 15) is 0 Å². The Morgan fingerprint density at radius 1 is 1.22 bits per heavy atom. The molecule has 0 radical (unpaired) electrons. The maximum Gasteiger partial charge on any atom is 0.0701 e. The molecule has 3 heteroatoms. The average Bonchev–Trinajstić information content (AvgIpc) is 2.82. The van der Waals surface area contributed by atoms with Crippen LogP contribution in [-0.4, -0.2) is 0 Å². The topological polar surface area (TPSA) is 12.0 Å². The molecule has 1 atom stereocenters. The maximum absolute atomic E-state index is 3.55. The second-order valence-electron chi connectivity index (χ2n) is 4.46. The molecule has 1 N–H and O–H groups in total. The first kappa shape index (κ1) is 13.8. The second-order valence-corrected chi connectivity index (χ2v) is 6.75. The highest BCUT2D eigenvalue weighted by molar-refractivity contribution is 9.11. The fourth-order valence-corrected chi connectivity index (χ4v) is 3.08. The van der Waals surface area contributed by atoms with Crippen LogP contribution in [0.5, 0.6) is 0 Å². The zero-order valence-corrected chi connectivity index (χ0v) is 13.1. The van der Waals surface area contributed by atoms with Gasteiger partial charge in [0.2, 0.25) is 0 Å². The number of aryl methyl sites for hydroxylation is 1. The summed E-state index contributed by atoms with van der Waals surface area (Å²) < 4.78 is 1.19. The van der Waals surface area contributed by atoms with Crippen LogP contribution in [0.3, 0.4) is 0 Å². The lowest BCUT2D eigenvalue weighted by atomic mass is 10.0. The largest absolute Gasteiger partial charge is 0.306 e. The third kappa shape index (κ3) is 3.67. The van der Waals surface area contributed by atoms with Crippen LogP contribution in [0.2, 0.25) is 0 Å². The van der Waals surface area contributed by atoms with E-state index < -0.39 is 0 Å². The smallest absolute Gasteiger partial charge is 0.0701 e. The number of nitrogens with one attached hydrogen (secondary N) is 1. The third-order valence-corrected chi connectivity index (χ3v) is 4.68. The highest BCUT2D eigenvalue weighted by Gasteiger charge is 2.05. The minimum Gasteiger partial charge on any atom is -0.306 e. The predicted molar refractivity (Wildman–Crippen MR) is 83.1 cm³/mol. The molecule has 0 aliphatic heterocycles. The monoisotopic (exact) mass is 323 g/mol. The van der Waals surface area contributed by atoms with Crippen LogP contribution in [0.4, 0.5) is 0 Å². The molecule has 0 fully saturated rings. The number of rotatable bonds is 5. The van der Waals surface area contributed by atoms with Crippen molar-refractivity contribution in [3.05, 3.63) is 56.2 Å². The van der Waals surface area contributed by atoms with E-state index in [0.717, 1.165) is 13.0 Å². The van der Waals surface area contributed by atoms with E-state index in [0.29, 0.717) is 6.04 Å². The van der Waals surface area contributed by atoms with Gasteiger partial charge in [0.15, 0.2) is 0 Å². The van der Waals surface area contributed by atoms with Gasteiger partial charge in [0.05, 0.1) is 3.79 Å². The summed E-state index contributed by atoms with van der Waals surface area (Å²) in [6, 6.07) is 11.4. The van der Waals surface area contributed by atoms with E-state index in [4.69, 9.17) is 0 Å². The molecule has 0 saturated carbocycles. The SMILES string of the molecule is CCc1ccc(C(C)NCc2csc(Br)c2)cc1. The van der Waals surface area contributed by atoms with E-state index in [1.165, 1.54) is 20.5 Å². The van der Waals surface area contributed by atoms with Crippen molar-refractivity contribution in [2.24, 2.45) is 0 Å². The summed E-state index contributed by atoms with van der Waals surface area (Å²) in [5.74, 6) is 0. The Balaban J connectivity index is 1.92. The van der Waals surface area contributed by atoms with Crippen LogP contribution < -0.4 is 5.32 Å². The van der Waals surface area contributed by atoms with Gasteiger partial charge in [-0.25, -0.2) is 0 Å². The van der Waals surface area contributed by atoms with Gasteiger partial charge in [-0.3, -0.25) is 0 Å². The number of thiophene rings is 1. The Kier molecular flexibility index (Phi) is 4.98. The van der Waals surface area contributed by atoms with Crippen molar-refractivity contribution in [3.8, 4) is 0 Å². The van der Waals surface area contributed by atoms with Crippen molar-refractivity contribution < 1.29 is 0 Å². The van der Waals surface area contributed by atoms with E-state index in [-0.39, 0.29) is 0 Å². The van der Waals surface area contributed by atoms with Crippen LogP contribution in [0, 0.1) is 0 Å². The first-order valence-corrected chi connectivity index (χ1v) is 7.91. The zero-order chi connectivity index (χ0) is 13.0.